The van der Waals surface area contributed by atoms with Crippen LogP contribution in [0.2, 0.25) is 0 Å². The van der Waals surface area contributed by atoms with Gasteiger partial charge in [-0.1, -0.05) is 12.1 Å². The summed E-state index contributed by atoms with van der Waals surface area (Å²) in [5.41, 5.74) is 3.56. The lowest BCUT2D eigenvalue weighted by atomic mass is 10.2. The second-order valence-corrected chi connectivity index (χ2v) is 6.26. The van der Waals surface area contributed by atoms with Gasteiger partial charge in [0, 0.05) is 38.6 Å². The first kappa shape index (κ1) is 21.5. The molecular formula is C19H29IN6O. The molecule has 7 nitrogen and oxygen atoms in total. The minimum Gasteiger partial charge on any atom is -0.378 e. The number of nitrogens with zero attached hydrogens (tertiary/aromatic N) is 4. The van der Waals surface area contributed by atoms with Crippen molar-refractivity contribution in [2.45, 2.75) is 20.0 Å². The predicted octanol–water partition coefficient (Wildman–Crippen LogP) is 2.13. The average Bonchev–Trinajstić information content (AvgIpc) is 3.10. The van der Waals surface area contributed by atoms with Gasteiger partial charge in [0.25, 0.3) is 0 Å². The molecule has 0 amide bonds. The minimum atomic E-state index is 0. The summed E-state index contributed by atoms with van der Waals surface area (Å²) in [6, 6.07) is 10.7. The Morgan fingerprint density at radius 3 is 2.52 bits per heavy atom. The summed E-state index contributed by atoms with van der Waals surface area (Å²) in [7, 11) is 1.94. The Labute approximate surface area is 178 Å². The van der Waals surface area contributed by atoms with Crippen LogP contribution in [0.5, 0.6) is 0 Å². The molecule has 1 aromatic carbocycles. The van der Waals surface area contributed by atoms with Gasteiger partial charge in [-0.05, 0) is 30.7 Å². The molecule has 27 heavy (non-hydrogen) atoms. The Bertz CT molecular complexity index is 709. The highest BCUT2D eigenvalue weighted by Crippen LogP contribution is 2.17. The van der Waals surface area contributed by atoms with E-state index in [4.69, 9.17) is 4.74 Å². The van der Waals surface area contributed by atoms with Crippen molar-refractivity contribution in [2.75, 3.05) is 37.7 Å². The third-order valence-corrected chi connectivity index (χ3v) is 4.44. The lowest BCUT2D eigenvalue weighted by molar-refractivity contribution is 0.122. The van der Waals surface area contributed by atoms with Crippen molar-refractivity contribution in [3.8, 4) is 0 Å². The summed E-state index contributed by atoms with van der Waals surface area (Å²) in [6.07, 6.45) is 1.80. The van der Waals surface area contributed by atoms with Gasteiger partial charge in [0.15, 0.2) is 5.96 Å². The second kappa shape index (κ2) is 11.1. The maximum absolute atomic E-state index is 5.41. The first-order chi connectivity index (χ1) is 12.8. The summed E-state index contributed by atoms with van der Waals surface area (Å²) < 4.78 is 7.27. The molecule has 2 N–H and O–H groups in total. The SMILES string of the molecule is CCNC(=NCc1ccc(N2CCOCC2)cc1)NCc1ccnn1C.I. The zero-order chi connectivity index (χ0) is 18.2. The first-order valence-electron chi connectivity index (χ1n) is 9.17. The number of morpholine rings is 1. The average molecular weight is 484 g/mol. The van der Waals surface area contributed by atoms with Crippen molar-refractivity contribution < 1.29 is 4.74 Å². The van der Waals surface area contributed by atoms with Crippen molar-refractivity contribution in [1.29, 1.82) is 0 Å². The lowest BCUT2D eigenvalue weighted by Gasteiger charge is -2.28. The van der Waals surface area contributed by atoms with E-state index in [0.717, 1.165) is 44.5 Å². The standard InChI is InChI=1S/C19H28N6O.HI/c1-3-20-19(22-15-18-8-9-23-24(18)2)21-14-16-4-6-17(7-5-16)25-10-12-26-13-11-25;/h4-9H,3,10-15H2,1-2H3,(H2,20,21,22);1H. The number of aromatic nitrogens is 2. The van der Waals surface area contributed by atoms with E-state index in [1.54, 1.807) is 6.20 Å². The van der Waals surface area contributed by atoms with Gasteiger partial charge < -0.3 is 20.3 Å². The largest absolute Gasteiger partial charge is 0.378 e. The second-order valence-electron chi connectivity index (χ2n) is 6.26. The monoisotopic (exact) mass is 484 g/mol. The number of aliphatic imine (C=N–C) groups is 1. The molecule has 1 saturated heterocycles. The molecule has 1 fully saturated rings. The van der Waals surface area contributed by atoms with Crippen LogP contribution in [0.15, 0.2) is 41.5 Å². The quantitative estimate of drug-likeness (QED) is 0.374. The zero-order valence-corrected chi connectivity index (χ0v) is 18.3. The molecule has 1 aliphatic rings. The molecule has 0 radical (unpaired) electrons. The summed E-state index contributed by atoms with van der Waals surface area (Å²) in [5.74, 6) is 0.811. The molecule has 148 valence electrons. The summed E-state index contributed by atoms with van der Waals surface area (Å²) in [4.78, 5) is 7.04. The lowest BCUT2D eigenvalue weighted by Crippen LogP contribution is -2.37. The van der Waals surface area contributed by atoms with E-state index in [2.05, 4.69) is 56.8 Å². The van der Waals surface area contributed by atoms with Gasteiger partial charge in [-0.2, -0.15) is 5.10 Å². The number of guanidine groups is 1. The van der Waals surface area contributed by atoms with Crippen molar-refractivity contribution in [1.82, 2.24) is 20.4 Å². The van der Waals surface area contributed by atoms with E-state index in [1.165, 1.54) is 11.3 Å². The van der Waals surface area contributed by atoms with Crippen LogP contribution < -0.4 is 15.5 Å². The molecule has 0 bridgehead atoms. The van der Waals surface area contributed by atoms with Crippen LogP contribution in [0.4, 0.5) is 5.69 Å². The Balaban J connectivity index is 0.00000261. The highest BCUT2D eigenvalue weighted by atomic mass is 127. The van der Waals surface area contributed by atoms with E-state index >= 15 is 0 Å². The van der Waals surface area contributed by atoms with E-state index < -0.39 is 0 Å². The van der Waals surface area contributed by atoms with Crippen LogP contribution >= 0.6 is 24.0 Å². The summed E-state index contributed by atoms with van der Waals surface area (Å²) >= 11 is 0. The first-order valence-corrected chi connectivity index (χ1v) is 9.17. The molecule has 1 aliphatic heterocycles. The van der Waals surface area contributed by atoms with E-state index in [9.17, 15) is 0 Å². The number of aryl methyl sites for hydroxylation is 1. The number of nitrogens with one attached hydrogen (secondary N) is 2. The van der Waals surface area contributed by atoms with Crippen LogP contribution in [-0.4, -0.2) is 48.6 Å². The van der Waals surface area contributed by atoms with Crippen LogP contribution in [-0.2, 0) is 24.9 Å². The van der Waals surface area contributed by atoms with Crippen molar-refractivity contribution in [3.05, 3.63) is 47.8 Å². The fraction of sp³-hybridized carbons (Fsp3) is 0.474. The molecule has 1 aromatic heterocycles. The third-order valence-electron chi connectivity index (χ3n) is 4.44. The number of halogens is 1. The molecule has 0 saturated carbocycles. The fourth-order valence-electron chi connectivity index (χ4n) is 2.89. The number of benzene rings is 1. The van der Waals surface area contributed by atoms with Crippen LogP contribution in [0.1, 0.15) is 18.2 Å². The summed E-state index contributed by atoms with van der Waals surface area (Å²) in [5, 5.41) is 10.8. The van der Waals surface area contributed by atoms with Gasteiger partial charge in [-0.25, -0.2) is 4.99 Å². The number of rotatable bonds is 6. The maximum Gasteiger partial charge on any atom is 0.191 e. The Hall–Kier alpha value is -1.81. The van der Waals surface area contributed by atoms with Crippen LogP contribution in [0, 0.1) is 0 Å². The van der Waals surface area contributed by atoms with Gasteiger partial charge in [0.1, 0.15) is 0 Å². The zero-order valence-electron chi connectivity index (χ0n) is 16.0. The molecule has 0 spiro atoms. The Kier molecular flexibility index (Phi) is 8.86. The highest BCUT2D eigenvalue weighted by molar-refractivity contribution is 14.0. The molecule has 2 aromatic rings. The van der Waals surface area contributed by atoms with E-state index in [1.807, 2.05) is 17.8 Å². The molecule has 8 heteroatoms. The minimum absolute atomic E-state index is 0. The van der Waals surface area contributed by atoms with Gasteiger partial charge in [0.2, 0.25) is 0 Å². The molecule has 2 heterocycles. The fourth-order valence-corrected chi connectivity index (χ4v) is 2.89. The van der Waals surface area contributed by atoms with Gasteiger partial charge in [-0.15, -0.1) is 24.0 Å². The van der Waals surface area contributed by atoms with Crippen molar-refractivity contribution in [2.24, 2.45) is 12.0 Å². The molecule has 0 unspecified atom stereocenters. The molecule has 0 aliphatic carbocycles. The van der Waals surface area contributed by atoms with Gasteiger partial charge in [0.05, 0.1) is 32.0 Å². The van der Waals surface area contributed by atoms with Gasteiger partial charge >= 0.3 is 0 Å². The molecule has 0 atom stereocenters. The van der Waals surface area contributed by atoms with E-state index in [0.29, 0.717) is 13.1 Å². The van der Waals surface area contributed by atoms with Crippen LogP contribution in [0.3, 0.4) is 0 Å². The topological polar surface area (TPSA) is 66.7 Å². The maximum atomic E-state index is 5.41. The summed E-state index contributed by atoms with van der Waals surface area (Å²) in [6.45, 7) is 7.76. The number of ether oxygens (including phenoxy) is 1. The molecule has 3 rings (SSSR count). The number of hydrogen-bond donors (Lipinski definition) is 2. The number of hydrogen-bond acceptors (Lipinski definition) is 4. The van der Waals surface area contributed by atoms with E-state index in [-0.39, 0.29) is 24.0 Å². The normalized spacial score (nSPS) is 14.6. The Morgan fingerprint density at radius 2 is 1.89 bits per heavy atom. The molecular weight excluding hydrogens is 455 g/mol. The number of anilines is 1. The highest BCUT2D eigenvalue weighted by Gasteiger charge is 2.10. The Morgan fingerprint density at radius 1 is 1.15 bits per heavy atom. The van der Waals surface area contributed by atoms with Crippen LogP contribution in [0.25, 0.3) is 0 Å². The smallest absolute Gasteiger partial charge is 0.191 e. The third kappa shape index (κ3) is 6.39. The van der Waals surface area contributed by atoms with Gasteiger partial charge in [-0.3, -0.25) is 4.68 Å². The predicted molar refractivity (Wildman–Crippen MR) is 120 cm³/mol. The van der Waals surface area contributed by atoms with Crippen molar-refractivity contribution in [3.63, 3.8) is 0 Å². The van der Waals surface area contributed by atoms with Crippen molar-refractivity contribution >= 4 is 35.6 Å².